The van der Waals surface area contributed by atoms with E-state index < -0.39 is 0 Å². The predicted octanol–water partition coefficient (Wildman–Crippen LogP) is 3.49. The third-order valence-electron chi connectivity index (χ3n) is 4.87. The van der Waals surface area contributed by atoms with Gasteiger partial charge in [0.2, 0.25) is 0 Å². The number of ether oxygens (including phenoxy) is 1. The average molecular weight is 239 g/mol. The zero-order chi connectivity index (χ0) is 12.5. The van der Waals surface area contributed by atoms with Crippen LogP contribution in [0.25, 0.3) is 0 Å². The summed E-state index contributed by atoms with van der Waals surface area (Å²) in [5, 5.41) is 0. The summed E-state index contributed by atoms with van der Waals surface area (Å²) in [7, 11) is 0. The normalized spacial score (nSPS) is 42.4. The van der Waals surface area contributed by atoms with Crippen LogP contribution in [0.2, 0.25) is 0 Å². The minimum absolute atomic E-state index is 0.216. The Kier molecular flexibility index (Phi) is 4.14. The van der Waals surface area contributed by atoms with Gasteiger partial charge in [0.25, 0.3) is 0 Å². The summed E-state index contributed by atoms with van der Waals surface area (Å²) in [4.78, 5) is 0. The zero-order valence-electron chi connectivity index (χ0n) is 11.7. The van der Waals surface area contributed by atoms with E-state index in [1.807, 2.05) is 0 Å². The molecule has 0 aliphatic heterocycles. The van der Waals surface area contributed by atoms with Crippen molar-refractivity contribution in [2.45, 2.75) is 84.0 Å². The molecule has 0 bridgehead atoms. The maximum atomic E-state index is 6.38. The fourth-order valence-corrected chi connectivity index (χ4v) is 3.51. The molecule has 2 rings (SSSR count). The second-order valence-corrected chi connectivity index (χ2v) is 6.97. The van der Waals surface area contributed by atoms with Crippen LogP contribution in [0.5, 0.6) is 0 Å². The molecule has 2 N–H and O–H groups in total. The Morgan fingerprint density at radius 2 is 1.88 bits per heavy atom. The SMILES string of the molecule is CC1CCCC(OC2CCCC(C)(C)C2N)C1. The van der Waals surface area contributed by atoms with Gasteiger partial charge in [-0.25, -0.2) is 0 Å². The first kappa shape index (κ1) is 13.4. The molecular weight excluding hydrogens is 210 g/mol. The Balaban J connectivity index is 1.89. The Labute approximate surface area is 106 Å². The summed E-state index contributed by atoms with van der Waals surface area (Å²) in [6, 6.07) is 0.216. The van der Waals surface area contributed by atoms with Crippen molar-refractivity contribution in [2.75, 3.05) is 0 Å². The van der Waals surface area contributed by atoms with Gasteiger partial charge in [-0.1, -0.05) is 40.0 Å². The first-order valence-corrected chi connectivity index (χ1v) is 7.40. The van der Waals surface area contributed by atoms with E-state index in [0.29, 0.717) is 12.2 Å². The Bertz CT molecular complexity index is 251. The van der Waals surface area contributed by atoms with Crippen LogP contribution < -0.4 is 5.73 Å². The Morgan fingerprint density at radius 3 is 2.59 bits per heavy atom. The Morgan fingerprint density at radius 1 is 1.12 bits per heavy atom. The minimum Gasteiger partial charge on any atom is -0.373 e. The molecule has 2 saturated carbocycles. The van der Waals surface area contributed by atoms with Crippen molar-refractivity contribution in [2.24, 2.45) is 17.1 Å². The molecule has 2 aliphatic rings. The molecular formula is C15H29NO. The van der Waals surface area contributed by atoms with Crippen LogP contribution in [0.3, 0.4) is 0 Å². The van der Waals surface area contributed by atoms with Gasteiger partial charge in [0, 0.05) is 6.04 Å². The number of nitrogens with two attached hydrogens (primary N) is 1. The van der Waals surface area contributed by atoms with E-state index in [4.69, 9.17) is 10.5 Å². The lowest BCUT2D eigenvalue weighted by Gasteiger charge is -2.43. The fourth-order valence-electron chi connectivity index (χ4n) is 3.51. The summed E-state index contributed by atoms with van der Waals surface area (Å²) in [5.74, 6) is 0.835. The standard InChI is InChI=1S/C15H29NO/c1-11-6-4-7-12(10-11)17-13-8-5-9-15(2,3)14(13)16/h11-14H,4-10,16H2,1-3H3. The lowest BCUT2D eigenvalue weighted by atomic mass is 9.72. The van der Waals surface area contributed by atoms with Crippen LogP contribution in [0.4, 0.5) is 0 Å². The van der Waals surface area contributed by atoms with E-state index in [1.54, 1.807) is 0 Å². The average Bonchev–Trinajstić information content (AvgIpc) is 2.25. The van der Waals surface area contributed by atoms with Crippen LogP contribution in [-0.2, 0) is 4.74 Å². The number of hydrogen-bond acceptors (Lipinski definition) is 2. The highest BCUT2D eigenvalue weighted by Gasteiger charge is 2.38. The topological polar surface area (TPSA) is 35.2 Å². The van der Waals surface area contributed by atoms with Gasteiger partial charge in [0.05, 0.1) is 12.2 Å². The van der Waals surface area contributed by atoms with E-state index >= 15 is 0 Å². The quantitative estimate of drug-likeness (QED) is 0.800. The summed E-state index contributed by atoms with van der Waals surface area (Å²) in [6.07, 6.45) is 9.65. The summed E-state index contributed by atoms with van der Waals surface area (Å²) >= 11 is 0. The molecule has 2 heteroatoms. The summed E-state index contributed by atoms with van der Waals surface area (Å²) in [5.41, 5.74) is 6.64. The van der Waals surface area contributed by atoms with Gasteiger partial charge in [-0.3, -0.25) is 0 Å². The summed E-state index contributed by atoms with van der Waals surface area (Å²) < 4.78 is 6.33. The van der Waals surface area contributed by atoms with Gasteiger partial charge in [0.1, 0.15) is 0 Å². The van der Waals surface area contributed by atoms with Gasteiger partial charge in [0.15, 0.2) is 0 Å². The van der Waals surface area contributed by atoms with Crippen molar-refractivity contribution in [1.29, 1.82) is 0 Å². The van der Waals surface area contributed by atoms with Gasteiger partial charge >= 0.3 is 0 Å². The van der Waals surface area contributed by atoms with Gasteiger partial charge in [-0.2, -0.15) is 0 Å². The molecule has 2 aliphatic carbocycles. The molecule has 2 nitrogen and oxygen atoms in total. The van der Waals surface area contributed by atoms with Crippen molar-refractivity contribution in [1.82, 2.24) is 0 Å². The predicted molar refractivity (Wildman–Crippen MR) is 71.9 cm³/mol. The van der Waals surface area contributed by atoms with Crippen LogP contribution >= 0.6 is 0 Å². The van der Waals surface area contributed by atoms with Crippen molar-refractivity contribution in [3.05, 3.63) is 0 Å². The van der Waals surface area contributed by atoms with Crippen LogP contribution in [0.1, 0.15) is 65.7 Å². The lowest BCUT2D eigenvalue weighted by Crippen LogP contribution is -2.51. The van der Waals surface area contributed by atoms with Gasteiger partial charge < -0.3 is 10.5 Å². The first-order chi connectivity index (χ1) is 7.99. The second kappa shape index (κ2) is 5.27. The first-order valence-electron chi connectivity index (χ1n) is 7.40. The molecule has 0 radical (unpaired) electrons. The molecule has 0 aromatic rings. The molecule has 100 valence electrons. The monoisotopic (exact) mass is 239 g/mol. The lowest BCUT2D eigenvalue weighted by molar-refractivity contribution is -0.0837. The zero-order valence-corrected chi connectivity index (χ0v) is 11.7. The van der Waals surface area contributed by atoms with Crippen LogP contribution in [0, 0.1) is 11.3 Å². The maximum absolute atomic E-state index is 6.38. The minimum atomic E-state index is 0.216. The molecule has 17 heavy (non-hydrogen) atoms. The summed E-state index contributed by atoms with van der Waals surface area (Å²) in [6.45, 7) is 6.92. The van der Waals surface area contributed by atoms with E-state index in [-0.39, 0.29) is 11.5 Å². The smallest absolute Gasteiger partial charge is 0.0734 e. The number of hydrogen-bond donors (Lipinski definition) is 1. The van der Waals surface area contributed by atoms with Crippen LogP contribution in [0.15, 0.2) is 0 Å². The molecule has 0 saturated heterocycles. The van der Waals surface area contributed by atoms with Crippen molar-refractivity contribution in [3.8, 4) is 0 Å². The van der Waals surface area contributed by atoms with Crippen LogP contribution in [-0.4, -0.2) is 18.2 Å². The molecule has 0 aromatic heterocycles. The van der Waals surface area contributed by atoms with Crippen molar-refractivity contribution >= 4 is 0 Å². The maximum Gasteiger partial charge on any atom is 0.0734 e. The molecule has 2 fully saturated rings. The van der Waals surface area contributed by atoms with Gasteiger partial charge in [-0.05, 0) is 37.0 Å². The molecule has 4 unspecified atom stereocenters. The largest absolute Gasteiger partial charge is 0.373 e. The molecule has 4 atom stereocenters. The third-order valence-corrected chi connectivity index (χ3v) is 4.87. The van der Waals surface area contributed by atoms with Crippen molar-refractivity contribution in [3.63, 3.8) is 0 Å². The van der Waals surface area contributed by atoms with Gasteiger partial charge in [-0.15, -0.1) is 0 Å². The van der Waals surface area contributed by atoms with E-state index in [0.717, 1.165) is 12.3 Å². The van der Waals surface area contributed by atoms with E-state index in [2.05, 4.69) is 20.8 Å². The molecule has 0 heterocycles. The highest BCUT2D eigenvalue weighted by molar-refractivity contribution is 4.92. The van der Waals surface area contributed by atoms with E-state index in [9.17, 15) is 0 Å². The Hall–Kier alpha value is -0.0800. The molecule has 0 amide bonds. The molecule has 0 spiro atoms. The fraction of sp³-hybridized carbons (Fsp3) is 1.00. The number of rotatable bonds is 2. The second-order valence-electron chi connectivity index (χ2n) is 6.97. The highest BCUT2D eigenvalue weighted by atomic mass is 16.5. The third kappa shape index (κ3) is 3.23. The van der Waals surface area contributed by atoms with Crippen molar-refractivity contribution < 1.29 is 4.74 Å². The highest BCUT2D eigenvalue weighted by Crippen LogP contribution is 2.37. The molecule has 0 aromatic carbocycles. The van der Waals surface area contributed by atoms with E-state index in [1.165, 1.54) is 38.5 Å².